The number of unbranched alkanes of at least 4 members (excludes halogenated alkanes) is 6. The van der Waals surface area contributed by atoms with Crippen molar-refractivity contribution in [2.24, 2.45) is 0 Å². The second-order valence-corrected chi connectivity index (χ2v) is 4.69. The van der Waals surface area contributed by atoms with Gasteiger partial charge < -0.3 is 5.11 Å². The Bertz CT molecular complexity index is 264. The zero-order valence-corrected chi connectivity index (χ0v) is 12.0. The Morgan fingerprint density at radius 3 is 2.22 bits per heavy atom. The molecule has 0 aliphatic rings. The van der Waals surface area contributed by atoms with Crippen LogP contribution in [0.4, 0.5) is 0 Å². The Kier molecular flexibility index (Phi) is 11.7. The smallest absolute Gasteiger partial charge is 0.331 e. The summed E-state index contributed by atoms with van der Waals surface area (Å²) in [6.07, 6.45) is 16.5. The molecule has 0 aromatic rings. The molecule has 0 spiro atoms. The van der Waals surface area contributed by atoms with Crippen LogP contribution in [0.15, 0.2) is 23.8 Å². The Labute approximate surface area is 112 Å². The fourth-order valence-corrected chi connectivity index (χ4v) is 1.89. The zero-order chi connectivity index (χ0) is 13.6. The minimum atomic E-state index is -0.790. The standard InChI is InChI=1S/C16H28O2/c1-3-5-6-7-8-9-10-11-12-13-14-15(4-2)16(17)18/h4,11-12H,3,5-10,13-14H2,1-2H3,(H,17,18)/b12-11+,15-4-. The first-order valence-corrected chi connectivity index (χ1v) is 7.25. The van der Waals surface area contributed by atoms with E-state index in [2.05, 4.69) is 19.1 Å². The Hall–Kier alpha value is -1.05. The summed E-state index contributed by atoms with van der Waals surface area (Å²) in [5, 5.41) is 8.82. The molecule has 104 valence electrons. The predicted octanol–water partition coefficient (Wildman–Crippen LogP) is 5.10. The van der Waals surface area contributed by atoms with Crippen molar-refractivity contribution in [3.8, 4) is 0 Å². The van der Waals surface area contributed by atoms with Crippen LogP contribution in [0.2, 0.25) is 0 Å². The molecule has 0 fully saturated rings. The summed E-state index contributed by atoms with van der Waals surface area (Å²) in [6, 6.07) is 0. The number of carboxylic acid groups (broad SMARTS) is 1. The van der Waals surface area contributed by atoms with Gasteiger partial charge in [-0.3, -0.25) is 0 Å². The molecule has 0 amide bonds. The van der Waals surface area contributed by atoms with Crippen LogP contribution < -0.4 is 0 Å². The minimum absolute atomic E-state index is 0.513. The third kappa shape index (κ3) is 10.1. The summed E-state index contributed by atoms with van der Waals surface area (Å²) in [5.41, 5.74) is 0.513. The van der Waals surface area contributed by atoms with E-state index in [0.29, 0.717) is 12.0 Å². The van der Waals surface area contributed by atoms with Gasteiger partial charge in [-0.05, 0) is 32.6 Å². The number of allylic oxidation sites excluding steroid dienone is 3. The molecule has 0 saturated carbocycles. The van der Waals surface area contributed by atoms with Crippen molar-refractivity contribution >= 4 is 5.97 Å². The molecule has 0 aliphatic carbocycles. The van der Waals surface area contributed by atoms with Crippen molar-refractivity contribution in [1.82, 2.24) is 0 Å². The molecular formula is C16H28O2. The molecule has 0 aromatic heterocycles. The number of hydrogen-bond donors (Lipinski definition) is 1. The first-order valence-electron chi connectivity index (χ1n) is 7.25. The number of rotatable bonds is 11. The first-order chi connectivity index (χ1) is 8.72. The molecule has 0 aromatic carbocycles. The van der Waals surface area contributed by atoms with Gasteiger partial charge in [0, 0.05) is 5.57 Å². The van der Waals surface area contributed by atoms with E-state index in [1.54, 1.807) is 13.0 Å². The fourth-order valence-electron chi connectivity index (χ4n) is 1.89. The van der Waals surface area contributed by atoms with E-state index in [-0.39, 0.29) is 0 Å². The second kappa shape index (κ2) is 12.4. The molecule has 0 radical (unpaired) electrons. The van der Waals surface area contributed by atoms with Crippen LogP contribution in [0.25, 0.3) is 0 Å². The van der Waals surface area contributed by atoms with E-state index in [4.69, 9.17) is 5.11 Å². The molecular weight excluding hydrogens is 224 g/mol. The molecule has 2 heteroatoms. The van der Waals surface area contributed by atoms with E-state index in [0.717, 1.165) is 12.8 Å². The summed E-state index contributed by atoms with van der Waals surface area (Å²) in [4.78, 5) is 10.7. The molecule has 18 heavy (non-hydrogen) atoms. The largest absolute Gasteiger partial charge is 0.478 e. The van der Waals surface area contributed by atoms with Gasteiger partial charge in [0.15, 0.2) is 0 Å². The molecule has 2 nitrogen and oxygen atoms in total. The first kappa shape index (κ1) is 16.9. The zero-order valence-electron chi connectivity index (χ0n) is 12.0. The van der Waals surface area contributed by atoms with Crippen LogP contribution in [-0.2, 0) is 4.79 Å². The molecule has 0 aliphatic heterocycles. The Morgan fingerprint density at radius 1 is 1.00 bits per heavy atom. The maximum Gasteiger partial charge on any atom is 0.331 e. The highest BCUT2D eigenvalue weighted by molar-refractivity contribution is 5.86. The monoisotopic (exact) mass is 252 g/mol. The maximum atomic E-state index is 10.7. The topological polar surface area (TPSA) is 37.3 Å². The van der Waals surface area contributed by atoms with Gasteiger partial charge >= 0.3 is 5.97 Å². The van der Waals surface area contributed by atoms with E-state index in [1.807, 2.05) is 0 Å². The van der Waals surface area contributed by atoms with Gasteiger partial charge in [-0.1, -0.05) is 57.3 Å². The summed E-state index contributed by atoms with van der Waals surface area (Å²) >= 11 is 0. The third-order valence-electron chi connectivity index (χ3n) is 3.09. The van der Waals surface area contributed by atoms with Crippen LogP contribution in [0, 0.1) is 0 Å². The lowest BCUT2D eigenvalue weighted by Gasteiger charge is -1.99. The summed E-state index contributed by atoms with van der Waals surface area (Å²) < 4.78 is 0. The van der Waals surface area contributed by atoms with Crippen molar-refractivity contribution in [3.63, 3.8) is 0 Å². The number of aliphatic carboxylic acids is 1. The van der Waals surface area contributed by atoms with Crippen molar-refractivity contribution in [2.75, 3.05) is 0 Å². The Morgan fingerprint density at radius 2 is 1.61 bits per heavy atom. The van der Waals surface area contributed by atoms with Crippen LogP contribution in [0.3, 0.4) is 0 Å². The van der Waals surface area contributed by atoms with Gasteiger partial charge in [-0.15, -0.1) is 0 Å². The average Bonchev–Trinajstić information content (AvgIpc) is 2.35. The van der Waals surface area contributed by atoms with Gasteiger partial charge in [0.2, 0.25) is 0 Å². The lowest BCUT2D eigenvalue weighted by atomic mass is 10.1. The highest BCUT2D eigenvalue weighted by Gasteiger charge is 2.02. The van der Waals surface area contributed by atoms with E-state index >= 15 is 0 Å². The van der Waals surface area contributed by atoms with Crippen LogP contribution in [0.1, 0.15) is 71.6 Å². The van der Waals surface area contributed by atoms with Crippen LogP contribution in [0.5, 0.6) is 0 Å². The summed E-state index contributed by atoms with van der Waals surface area (Å²) in [6.45, 7) is 4.02. The molecule has 0 bridgehead atoms. The van der Waals surface area contributed by atoms with Gasteiger partial charge in [-0.2, -0.15) is 0 Å². The highest BCUT2D eigenvalue weighted by Crippen LogP contribution is 2.09. The molecule has 0 atom stereocenters. The number of carbonyl (C=O) groups is 1. The third-order valence-corrected chi connectivity index (χ3v) is 3.09. The quantitative estimate of drug-likeness (QED) is 0.315. The lowest BCUT2D eigenvalue weighted by Crippen LogP contribution is -1.99. The second-order valence-electron chi connectivity index (χ2n) is 4.69. The molecule has 0 unspecified atom stereocenters. The van der Waals surface area contributed by atoms with Gasteiger partial charge in [0.25, 0.3) is 0 Å². The molecule has 0 heterocycles. The van der Waals surface area contributed by atoms with E-state index in [1.165, 1.54) is 38.5 Å². The lowest BCUT2D eigenvalue weighted by molar-refractivity contribution is -0.132. The minimum Gasteiger partial charge on any atom is -0.478 e. The van der Waals surface area contributed by atoms with Crippen molar-refractivity contribution in [1.29, 1.82) is 0 Å². The predicted molar refractivity (Wildman–Crippen MR) is 77.8 cm³/mol. The van der Waals surface area contributed by atoms with E-state index in [9.17, 15) is 4.79 Å². The summed E-state index contributed by atoms with van der Waals surface area (Å²) in [5.74, 6) is -0.790. The van der Waals surface area contributed by atoms with Gasteiger partial charge in [0.1, 0.15) is 0 Å². The van der Waals surface area contributed by atoms with Crippen molar-refractivity contribution in [3.05, 3.63) is 23.8 Å². The normalized spacial score (nSPS) is 12.2. The van der Waals surface area contributed by atoms with Crippen molar-refractivity contribution < 1.29 is 9.90 Å². The number of hydrogen-bond acceptors (Lipinski definition) is 1. The van der Waals surface area contributed by atoms with Crippen LogP contribution >= 0.6 is 0 Å². The molecule has 1 N–H and O–H groups in total. The number of carboxylic acids is 1. The molecule has 0 rings (SSSR count). The summed E-state index contributed by atoms with van der Waals surface area (Å²) in [7, 11) is 0. The average molecular weight is 252 g/mol. The van der Waals surface area contributed by atoms with Gasteiger partial charge in [-0.25, -0.2) is 4.79 Å². The molecule has 0 saturated heterocycles. The fraction of sp³-hybridized carbons (Fsp3) is 0.688. The maximum absolute atomic E-state index is 10.7. The van der Waals surface area contributed by atoms with Gasteiger partial charge in [0.05, 0.1) is 0 Å². The highest BCUT2D eigenvalue weighted by atomic mass is 16.4. The SMILES string of the molecule is C/C=C(/CC/C=C/CCCCCCCC)C(=O)O. The van der Waals surface area contributed by atoms with E-state index < -0.39 is 5.97 Å². The Balaban J connectivity index is 3.41. The van der Waals surface area contributed by atoms with Crippen molar-refractivity contribution in [2.45, 2.75) is 71.6 Å². The van der Waals surface area contributed by atoms with Crippen LogP contribution in [-0.4, -0.2) is 11.1 Å².